The number of allylic oxidation sites excluding steroid dienone is 1. The second-order valence-corrected chi connectivity index (χ2v) is 6.19. The van der Waals surface area contributed by atoms with E-state index in [4.69, 9.17) is 0 Å². The third-order valence-corrected chi connectivity index (χ3v) is 4.70. The molecule has 7 nitrogen and oxygen atoms in total. The number of aliphatic hydroxyl groups excluding tert-OH is 1. The zero-order valence-electron chi connectivity index (χ0n) is 14.4. The van der Waals surface area contributed by atoms with Crippen molar-refractivity contribution in [2.24, 2.45) is 0 Å². The van der Waals surface area contributed by atoms with Gasteiger partial charge in [0.25, 0.3) is 0 Å². The largest absolute Gasteiger partial charge is 0.509 e. The molecule has 1 aliphatic heterocycles. The lowest BCUT2D eigenvalue weighted by molar-refractivity contribution is -0.130. The number of fused-ring (bicyclic) bond motifs is 1. The van der Waals surface area contributed by atoms with Gasteiger partial charge >= 0.3 is 0 Å². The molecule has 1 atom stereocenters. The Morgan fingerprint density at radius 2 is 2.00 bits per heavy atom. The van der Waals surface area contributed by atoms with E-state index in [1.807, 2.05) is 31.2 Å². The van der Waals surface area contributed by atoms with Gasteiger partial charge in [-0.15, -0.1) is 0 Å². The number of aromatic amines is 1. The molecule has 0 saturated carbocycles. The third-order valence-electron chi connectivity index (χ3n) is 4.70. The molecule has 2 heterocycles. The molecule has 3 rings (SSSR count). The van der Waals surface area contributed by atoms with E-state index in [1.54, 1.807) is 11.8 Å². The number of carbonyl (C=O) groups excluding carboxylic acids is 1. The van der Waals surface area contributed by atoms with Gasteiger partial charge < -0.3 is 15.0 Å². The third kappa shape index (κ3) is 3.35. The highest BCUT2D eigenvalue weighted by Crippen LogP contribution is 2.22. The van der Waals surface area contributed by atoms with E-state index in [0.29, 0.717) is 32.0 Å². The molecule has 1 saturated heterocycles. The van der Waals surface area contributed by atoms with Gasteiger partial charge in [0.1, 0.15) is 17.4 Å². The minimum Gasteiger partial charge on any atom is -0.509 e. The number of amides is 1. The molecule has 0 spiro atoms. The topological polar surface area (TPSA) is 96.2 Å². The number of aromatic nitrogens is 2. The number of piperazine rings is 1. The summed E-state index contributed by atoms with van der Waals surface area (Å²) < 4.78 is 0. The van der Waals surface area contributed by atoms with E-state index >= 15 is 0 Å². The summed E-state index contributed by atoms with van der Waals surface area (Å²) in [6.07, 6.45) is 0. The van der Waals surface area contributed by atoms with Crippen LogP contribution in [0.5, 0.6) is 0 Å². The molecule has 0 bridgehead atoms. The molecule has 0 aliphatic carbocycles. The first-order valence-corrected chi connectivity index (χ1v) is 8.29. The number of hydrogen-bond donors (Lipinski definition) is 2. The molecule has 130 valence electrons. The Labute approximate surface area is 146 Å². The molecule has 0 radical (unpaired) electrons. The van der Waals surface area contributed by atoms with Crippen LogP contribution in [0.3, 0.4) is 0 Å². The molecular formula is C18H21N5O2. The van der Waals surface area contributed by atoms with Crippen molar-refractivity contribution in [3.05, 3.63) is 35.8 Å². The summed E-state index contributed by atoms with van der Waals surface area (Å²) in [5.41, 5.74) is 1.72. The van der Waals surface area contributed by atoms with Gasteiger partial charge in [0.15, 0.2) is 5.82 Å². The average Bonchev–Trinajstić information content (AvgIpc) is 3.05. The van der Waals surface area contributed by atoms with E-state index in [1.165, 1.54) is 0 Å². The molecule has 1 amide bonds. The summed E-state index contributed by atoms with van der Waals surface area (Å²) in [7, 11) is 0. The van der Waals surface area contributed by atoms with Gasteiger partial charge in [-0.2, -0.15) is 5.26 Å². The quantitative estimate of drug-likeness (QED) is 0.658. The fraction of sp³-hybridized carbons (Fsp3) is 0.389. The zero-order chi connectivity index (χ0) is 18.0. The van der Waals surface area contributed by atoms with Crippen molar-refractivity contribution in [2.45, 2.75) is 19.9 Å². The van der Waals surface area contributed by atoms with Crippen LogP contribution in [0.25, 0.3) is 16.6 Å². The summed E-state index contributed by atoms with van der Waals surface area (Å²) in [6, 6.07) is 9.24. The highest BCUT2D eigenvalue weighted by Gasteiger charge is 2.27. The van der Waals surface area contributed by atoms with Crippen molar-refractivity contribution >= 4 is 22.5 Å². The lowest BCUT2D eigenvalue weighted by Gasteiger charge is -2.37. The van der Waals surface area contributed by atoms with E-state index in [9.17, 15) is 15.2 Å². The molecule has 1 fully saturated rings. The lowest BCUT2D eigenvalue weighted by Crippen LogP contribution is -2.51. The predicted octanol–water partition coefficient (Wildman–Crippen LogP) is 1.91. The molecule has 0 unspecified atom stereocenters. The van der Waals surface area contributed by atoms with Crippen molar-refractivity contribution in [1.82, 2.24) is 19.8 Å². The number of carbonyl (C=O) groups is 1. The number of H-pyrrole nitrogens is 1. The Hall–Kier alpha value is -2.85. The summed E-state index contributed by atoms with van der Waals surface area (Å²) >= 11 is 0. The van der Waals surface area contributed by atoms with Gasteiger partial charge in [-0.3, -0.25) is 9.69 Å². The van der Waals surface area contributed by atoms with Crippen LogP contribution in [0.2, 0.25) is 0 Å². The van der Waals surface area contributed by atoms with E-state index in [2.05, 4.69) is 20.9 Å². The average molecular weight is 339 g/mol. The summed E-state index contributed by atoms with van der Waals surface area (Å²) in [5, 5.41) is 20.2. The van der Waals surface area contributed by atoms with Gasteiger partial charge in [-0.05, 0) is 19.1 Å². The van der Waals surface area contributed by atoms with E-state index < -0.39 is 0 Å². The van der Waals surface area contributed by atoms with Crippen molar-refractivity contribution in [3.63, 3.8) is 0 Å². The Bertz CT molecular complexity index is 823. The van der Waals surface area contributed by atoms with Crippen molar-refractivity contribution < 1.29 is 9.90 Å². The normalized spacial score (nSPS) is 17.9. The molecule has 1 aromatic carbocycles. The number of benzene rings is 1. The van der Waals surface area contributed by atoms with Gasteiger partial charge in [0.05, 0.1) is 17.1 Å². The lowest BCUT2D eigenvalue weighted by atomic mass is 10.1. The number of rotatable bonds is 3. The smallest absolute Gasteiger partial charge is 0.219 e. The zero-order valence-corrected chi connectivity index (χ0v) is 14.4. The second kappa shape index (κ2) is 6.95. The second-order valence-electron chi connectivity index (χ2n) is 6.19. The number of imidazole rings is 1. The van der Waals surface area contributed by atoms with Crippen LogP contribution in [0, 0.1) is 11.3 Å². The summed E-state index contributed by atoms with van der Waals surface area (Å²) in [4.78, 5) is 22.8. The SMILES string of the molecule is CC(=O)N1CCN([C@@H](C)/C(O)=C(\C#N)c2nc3ccccc3[nH]2)CC1. The number of nitrogens with one attached hydrogen (secondary N) is 1. The first kappa shape index (κ1) is 17.0. The predicted molar refractivity (Wildman–Crippen MR) is 94.5 cm³/mol. The van der Waals surface area contributed by atoms with Crippen LogP contribution < -0.4 is 0 Å². The standard InChI is InChI=1S/C18H21N5O2/c1-12(22-7-9-23(10-8-22)13(2)24)17(25)14(11-19)18-20-15-5-3-4-6-16(15)21-18/h3-6,12,25H,7-10H2,1-2H3,(H,20,21)/b17-14-/t12-/m0/s1. The minimum atomic E-state index is -0.322. The maximum Gasteiger partial charge on any atom is 0.219 e. The Morgan fingerprint density at radius 3 is 2.60 bits per heavy atom. The number of nitriles is 1. The Morgan fingerprint density at radius 1 is 1.32 bits per heavy atom. The molecule has 2 aromatic rings. The van der Waals surface area contributed by atoms with Crippen molar-refractivity contribution in [2.75, 3.05) is 26.2 Å². The van der Waals surface area contributed by atoms with Crippen LogP contribution in [0.4, 0.5) is 0 Å². The maximum atomic E-state index is 11.4. The fourth-order valence-electron chi connectivity index (χ4n) is 3.11. The van der Waals surface area contributed by atoms with Crippen LogP contribution >= 0.6 is 0 Å². The highest BCUT2D eigenvalue weighted by molar-refractivity contribution is 5.83. The van der Waals surface area contributed by atoms with Gasteiger partial charge in [-0.25, -0.2) is 4.98 Å². The van der Waals surface area contributed by atoms with Crippen molar-refractivity contribution in [1.29, 1.82) is 5.26 Å². The molecule has 2 N–H and O–H groups in total. The molecule has 1 aliphatic rings. The fourth-order valence-corrected chi connectivity index (χ4v) is 3.11. The minimum absolute atomic E-state index is 0.00201. The summed E-state index contributed by atoms with van der Waals surface area (Å²) in [5.74, 6) is 0.431. The molecule has 1 aromatic heterocycles. The van der Waals surface area contributed by atoms with Gasteiger partial charge in [0.2, 0.25) is 5.91 Å². The van der Waals surface area contributed by atoms with Crippen LogP contribution in [-0.2, 0) is 4.79 Å². The Kier molecular flexibility index (Phi) is 4.72. The molecule has 25 heavy (non-hydrogen) atoms. The number of nitrogens with zero attached hydrogens (tertiary/aromatic N) is 4. The number of aliphatic hydroxyl groups is 1. The monoisotopic (exact) mass is 339 g/mol. The number of hydrogen-bond acceptors (Lipinski definition) is 5. The van der Waals surface area contributed by atoms with Crippen LogP contribution in [-0.4, -0.2) is 63.0 Å². The first-order chi connectivity index (χ1) is 12.0. The van der Waals surface area contributed by atoms with Crippen molar-refractivity contribution in [3.8, 4) is 6.07 Å². The molecular weight excluding hydrogens is 318 g/mol. The first-order valence-electron chi connectivity index (χ1n) is 8.29. The van der Waals surface area contributed by atoms with Crippen LogP contribution in [0.15, 0.2) is 30.0 Å². The summed E-state index contributed by atoms with van der Waals surface area (Å²) in [6.45, 7) is 5.98. The molecule has 7 heteroatoms. The maximum absolute atomic E-state index is 11.4. The van der Waals surface area contributed by atoms with E-state index in [0.717, 1.165) is 11.0 Å². The Balaban J connectivity index is 1.84. The van der Waals surface area contributed by atoms with Gasteiger partial charge in [-0.1, -0.05) is 12.1 Å². The highest BCUT2D eigenvalue weighted by atomic mass is 16.3. The van der Waals surface area contributed by atoms with E-state index in [-0.39, 0.29) is 23.3 Å². The van der Waals surface area contributed by atoms with Crippen LogP contribution in [0.1, 0.15) is 19.7 Å². The number of para-hydroxylation sites is 2. The van der Waals surface area contributed by atoms with Gasteiger partial charge in [0, 0.05) is 33.1 Å².